The van der Waals surface area contributed by atoms with E-state index in [4.69, 9.17) is 0 Å². The van der Waals surface area contributed by atoms with E-state index < -0.39 is 0 Å². The fourth-order valence-electron chi connectivity index (χ4n) is 2.76. The molecule has 2 N–H and O–H groups in total. The molecule has 1 fully saturated rings. The zero-order valence-electron chi connectivity index (χ0n) is 13.8. The van der Waals surface area contributed by atoms with Crippen molar-refractivity contribution in [3.05, 3.63) is 29.8 Å². The average Bonchev–Trinajstić information content (AvgIpc) is 3.02. The zero-order chi connectivity index (χ0) is 15.9. The Labute approximate surface area is 144 Å². The number of carbonyl (C=O) groups excluding carboxylic acids is 2. The molecule has 1 aromatic rings. The first kappa shape index (κ1) is 19.5. The summed E-state index contributed by atoms with van der Waals surface area (Å²) in [5.41, 5.74) is 1.39. The molecule has 0 aromatic heterocycles. The number of nitrogens with one attached hydrogen (secondary N) is 2. The third-order valence-electron chi connectivity index (χ3n) is 4.06. The second kappa shape index (κ2) is 9.53. The van der Waals surface area contributed by atoms with Crippen molar-refractivity contribution in [2.24, 2.45) is 0 Å². The predicted octanol–water partition coefficient (Wildman–Crippen LogP) is 2.67. The predicted molar refractivity (Wildman–Crippen MR) is 95.2 cm³/mol. The summed E-state index contributed by atoms with van der Waals surface area (Å²) in [5, 5.41) is 6.20. The molecule has 0 spiro atoms. The molecule has 2 amide bonds. The van der Waals surface area contributed by atoms with Gasteiger partial charge in [-0.1, -0.05) is 0 Å². The maximum atomic E-state index is 12.2. The van der Waals surface area contributed by atoms with E-state index in [1.54, 1.807) is 29.2 Å². The summed E-state index contributed by atoms with van der Waals surface area (Å²) in [5.74, 6) is 0.0419. The van der Waals surface area contributed by atoms with Gasteiger partial charge in [-0.05, 0) is 57.5 Å². The summed E-state index contributed by atoms with van der Waals surface area (Å²) in [4.78, 5) is 25.9. The minimum absolute atomic E-state index is 0. The van der Waals surface area contributed by atoms with E-state index in [1.165, 1.54) is 0 Å². The Morgan fingerprint density at radius 1 is 1.22 bits per heavy atom. The molecule has 1 unspecified atom stereocenters. The summed E-state index contributed by atoms with van der Waals surface area (Å²) >= 11 is 0. The van der Waals surface area contributed by atoms with Crippen LogP contribution in [0.5, 0.6) is 0 Å². The Bertz CT molecular complexity index is 509. The Hall–Kier alpha value is -1.59. The van der Waals surface area contributed by atoms with Gasteiger partial charge in [0.15, 0.2) is 0 Å². The molecule has 0 aliphatic carbocycles. The van der Waals surface area contributed by atoms with Crippen molar-refractivity contribution in [3.63, 3.8) is 0 Å². The van der Waals surface area contributed by atoms with Crippen molar-refractivity contribution < 1.29 is 9.59 Å². The molecule has 2 rings (SSSR count). The highest BCUT2D eigenvalue weighted by Gasteiger charge is 2.18. The number of halogens is 1. The minimum atomic E-state index is 0. The van der Waals surface area contributed by atoms with Gasteiger partial charge < -0.3 is 15.5 Å². The van der Waals surface area contributed by atoms with Gasteiger partial charge in [-0.2, -0.15) is 0 Å². The molecule has 0 bridgehead atoms. The van der Waals surface area contributed by atoms with Crippen LogP contribution in [0.4, 0.5) is 5.69 Å². The van der Waals surface area contributed by atoms with Crippen molar-refractivity contribution in [1.82, 2.24) is 10.2 Å². The molecule has 1 aliphatic heterocycles. The van der Waals surface area contributed by atoms with Gasteiger partial charge in [0.25, 0.3) is 5.91 Å². The highest BCUT2D eigenvalue weighted by atomic mass is 35.5. The lowest BCUT2D eigenvalue weighted by Crippen LogP contribution is -2.30. The van der Waals surface area contributed by atoms with Gasteiger partial charge in [0.05, 0.1) is 0 Å². The van der Waals surface area contributed by atoms with Crippen LogP contribution in [0.15, 0.2) is 24.3 Å². The second-order valence-corrected chi connectivity index (χ2v) is 5.60. The van der Waals surface area contributed by atoms with E-state index >= 15 is 0 Å². The van der Waals surface area contributed by atoms with Crippen LogP contribution in [0.2, 0.25) is 0 Å². The SMILES string of the molecule is CCN(CC)C(=O)c1ccc(NC(=O)CC2CCCN2)cc1.Cl. The van der Waals surface area contributed by atoms with Crippen LogP contribution < -0.4 is 10.6 Å². The number of benzene rings is 1. The number of hydrogen-bond donors (Lipinski definition) is 2. The highest BCUT2D eigenvalue weighted by molar-refractivity contribution is 5.95. The summed E-state index contributed by atoms with van der Waals surface area (Å²) in [6, 6.07) is 7.41. The second-order valence-electron chi connectivity index (χ2n) is 5.60. The van der Waals surface area contributed by atoms with Gasteiger partial charge in [-0.3, -0.25) is 9.59 Å². The maximum absolute atomic E-state index is 12.2. The number of anilines is 1. The molecule has 128 valence electrons. The number of rotatable bonds is 6. The molecule has 0 saturated carbocycles. The van der Waals surface area contributed by atoms with Crippen LogP contribution in [0.3, 0.4) is 0 Å². The summed E-state index contributed by atoms with van der Waals surface area (Å²) < 4.78 is 0. The molecule has 23 heavy (non-hydrogen) atoms. The van der Waals surface area contributed by atoms with Crippen LogP contribution in [0.25, 0.3) is 0 Å². The lowest BCUT2D eigenvalue weighted by Gasteiger charge is -2.18. The maximum Gasteiger partial charge on any atom is 0.253 e. The first-order valence-corrected chi connectivity index (χ1v) is 8.06. The normalized spacial score (nSPS) is 16.5. The third kappa shape index (κ3) is 5.52. The van der Waals surface area contributed by atoms with Crippen molar-refractivity contribution in [2.75, 3.05) is 25.0 Å². The molecule has 0 radical (unpaired) electrons. The highest BCUT2D eigenvalue weighted by Crippen LogP contribution is 2.14. The Morgan fingerprint density at radius 2 is 1.87 bits per heavy atom. The minimum Gasteiger partial charge on any atom is -0.339 e. The molecular formula is C17H26ClN3O2. The fourth-order valence-corrected chi connectivity index (χ4v) is 2.76. The van der Waals surface area contributed by atoms with E-state index in [0.29, 0.717) is 31.1 Å². The standard InChI is InChI=1S/C17H25N3O2.ClH/c1-3-20(4-2)17(22)13-7-9-14(10-8-13)19-16(21)12-15-6-5-11-18-15;/h7-10,15,18H,3-6,11-12H2,1-2H3,(H,19,21);1H. The smallest absolute Gasteiger partial charge is 0.253 e. The van der Waals surface area contributed by atoms with Gasteiger partial charge in [0, 0.05) is 36.8 Å². The lowest BCUT2D eigenvalue weighted by atomic mass is 10.1. The molecular weight excluding hydrogens is 314 g/mol. The van der Waals surface area contributed by atoms with Crippen molar-refractivity contribution in [1.29, 1.82) is 0 Å². The number of amides is 2. The van der Waals surface area contributed by atoms with Gasteiger partial charge in [-0.25, -0.2) is 0 Å². The molecule has 1 saturated heterocycles. The van der Waals surface area contributed by atoms with Crippen LogP contribution >= 0.6 is 12.4 Å². The Morgan fingerprint density at radius 3 is 2.39 bits per heavy atom. The van der Waals surface area contributed by atoms with Gasteiger partial charge in [0.2, 0.25) is 5.91 Å². The van der Waals surface area contributed by atoms with Crippen LogP contribution in [-0.4, -0.2) is 42.4 Å². The van der Waals surface area contributed by atoms with Crippen LogP contribution in [0, 0.1) is 0 Å². The van der Waals surface area contributed by atoms with Crippen LogP contribution in [0.1, 0.15) is 43.5 Å². The number of carbonyl (C=O) groups is 2. The lowest BCUT2D eigenvalue weighted by molar-refractivity contribution is -0.116. The Kier molecular flexibility index (Phi) is 8.06. The molecule has 6 heteroatoms. The van der Waals surface area contributed by atoms with Gasteiger partial charge in [-0.15, -0.1) is 12.4 Å². The Balaban J connectivity index is 0.00000264. The van der Waals surface area contributed by atoms with Crippen molar-refractivity contribution in [3.8, 4) is 0 Å². The number of nitrogens with zero attached hydrogens (tertiary/aromatic N) is 1. The topological polar surface area (TPSA) is 61.4 Å². The van der Waals surface area contributed by atoms with E-state index in [0.717, 1.165) is 25.1 Å². The first-order valence-electron chi connectivity index (χ1n) is 8.06. The van der Waals surface area contributed by atoms with Gasteiger partial charge in [0.1, 0.15) is 0 Å². The summed E-state index contributed by atoms with van der Waals surface area (Å²) in [6.07, 6.45) is 2.70. The third-order valence-corrected chi connectivity index (χ3v) is 4.06. The van der Waals surface area contributed by atoms with Gasteiger partial charge >= 0.3 is 0 Å². The quantitative estimate of drug-likeness (QED) is 0.837. The molecule has 1 heterocycles. The molecule has 5 nitrogen and oxygen atoms in total. The first-order chi connectivity index (χ1) is 10.6. The fraction of sp³-hybridized carbons (Fsp3) is 0.529. The van der Waals surface area contributed by atoms with E-state index in [2.05, 4.69) is 10.6 Å². The monoisotopic (exact) mass is 339 g/mol. The average molecular weight is 340 g/mol. The molecule has 1 atom stereocenters. The van der Waals surface area contributed by atoms with E-state index in [-0.39, 0.29) is 24.2 Å². The van der Waals surface area contributed by atoms with Crippen molar-refractivity contribution in [2.45, 2.75) is 39.2 Å². The summed E-state index contributed by atoms with van der Waals surface area (Å²) in [7, 11) is 0. The summed E-state index contributed by atoms with van der Waals surface area (Å²) in [6.45, 7) is 6.32. The van der Waals surface area contributed by atoms with Crippen LogP contribution in [-0.2, 0) is 4.79 Å². The van der Waals surface area contributed by atoms with E-state index in [1.807, 2.05) is 13.8 Å². The van der Waals surface area contributed by atoms with Crippen molar-refractivity contribution >= 4 is 29.9 Å². The van der Waals surface area contributed by atoms with E-state index in [9.17, 15) is 9.59 Å². The number of hydrogen-bond acceptors (Lipinski definition) is 3. The molecule has 1 aliphatic rings. The zero-order valence-corrected chi connectivity index (χ0v) is 14.6. The molecule has 1 aromatic carbocycles. The largest absolute Gasteiger partial charge is 0.339 e.